The first-order valence-corrected chi connectivity index (χ1v) is 15.4. The zero-order valence-electron chi connectivity index (χ0n) is 22.5. The smallest absolute Gasteiger partial charge is 0.407 e. The molecule has 2 aromatic carbocycles. The van der Waals surface area contributed by atoms with Crippen LogP contribution in [0.4, 0.5) is 4.79 Å². The molecule has 10 heteroatoms. The molecule has 1 fully saturated rings. The van der Waals surface area contributed by atoms with E-state index in [4.69, 9.17) is 16.0 Å². The summed E-state index contributed by atoms with van der Waals surface area (Å²) in [5.74, 6) is -0.699. The molecule has 2 heterocycles. The highest BCUT2D eigenvalue weighted by Crippen LogP contribution is 2.37. The monoisotopic (exact) mass is 566 g/mol. The minimum atomic E-state index is -2.82. The van der Waals surface area contributed by atoms with Crippen LogP contribution in [0.25, 0.3) is 0 Å². The first kappa shape index (κ1) is 28.7. The molecule has 1 aliphatic rings. The van der Waals surface area contributed by atoms with E-state index in [9.17, 15) is 14.7 Å². The molecule has 39 heavy (non-hydrogen) atoms. The number of piperidine rings is 1. The van der Waals surface area contributed by atoms with Crippen molar-refractivity contribution in [2.45, 2.75) is 51.2 Å². The predicted octanol–water partition coefficient (Wildman–Crippen LogP) is 4.08. The van der Waals surface area contributed by atoms with Crippen molar-refractivity contribution in [1.82, 2.24) is 20.2 Å². The molecule has 0 radical (unpaired) electrons. The number of halogens is 1. The van der Waals surface area contributed by atoms with Crippen LogP contribution in [0.2, 0.25) is 10.2 Å². The Morgan fingerprint density at radius 3 is 2.15 bits per heavy atom. The van der Waals surface area contributed by atoms with Gasteiger partial charge in [0.25, 0.3) is 8.32 Å². The fourth-order valence-electron chi connectivity index (χ4n) is 5.42. The molecule has 0 aliphatic carbocycles. The Kier molecular flexibility index (Phi) is 9.04. The van der Waals surface area contributed by atoms with E-state index < -0.39 is 20.3 Å². The van der Waals surface area contributed by atoms with Gasteiger partial charge in [0, 0.05) is 18.9 Å². The van der Waals surface area contributed by atoms with E-state index in [0.717, 1.165) is 10.4 Å². The second-order valence-corrected chi connectivity index (χ2v) is 15.5. The van der Waals surface area contributed by atoms with Crippen LogP contribution in [0.5, 0.6) is 0 Å². The lowest BCUT2D eigenvalue weighted by molar-refractivity contribution is -0.127. The standard InChI is InChI=1S/C29H35ClN4O4Si/c1-29(2,3)39(23-10-6-4-7-11-23,24-12-8-5-9-13-24)38-20-22-15-14-21(19-34(22)28(36)37)27(35)33-18-25-26(30)32-17-16-31-25/h4-13,16-17,21-22H,14-15,18-20H2,1-3H3,(H,33,35)(H,36,37). The van der Waals surface area contributed by atoms with E-state index in [2.05, 4.69) is 60.3 Å². The van der Waals surface area contributed by atoms with Gasteiger partial charge in [-0.25, -0.2) is 9.78 Å². The summed E-state index contributed by atoms with van der Waals surface area (Å²) in [4.78, 5) is 34.7. The summed E-state index contributed by atoms with van der Waals surface area (Å²) in [6, 6.07) is 20.2. The van der Waals surface area contributed by atoms with Gasteiger partial charge in [-0.2, -0.15) is 0 Å². The van der Waals surface area contributed by atoms with Crippen molar-refractivity contribution in [3.05, 3.63) is 83.9 Å². The number of rotatable bonds is 8. The lowest BCUT2D eigenvalue weighted by atomic mass is 9.92. The van der Waals surface area contributed by atoms with E-state index in [-0.39, 0.29) is 41.8 Å². The predicted molar refractivity (Wildman–Crippen MR) is 154 cm³/mol. The third kappa shape index (κ3) is 6.32. The molecule has 8 nitrogen and oxygen atoms in total. The summed E-state index contributed by atoms with van der Waals surface area (Å²) >= 11 is 6.05. The van der Waals surface area contributed by atoms with Crippen molar-refractivity contribution in [3.8, 4) is 0 Å². The number of likely N-dealkylation sites (tertiary alicyclic amines) is 1. The Balaban J connectivity index is 1.52. The number of carbonyl (C=O) groups excluding carboxylic acids is 1. The van der Waals surface area contributed by atoms with Gasteiger partial charge in [-0.1, -0.05) is 93.0 Å². The number of hydrogen-bond donors (Lipinski definition) is 2. The molecular formula is C29H35ClN4O4Si. The molecule has 2 unspecified atom stereocenters. The molecule has 4 rings (SSSR count). The average molecular weight is 567 g/mol. The highest BCUT2D eigenvalue weighted by atomic mass is 35.5. The van der Waals surface area contributed by atoms with Crippen LogP contribution < -0.4 is 15.7 Å². The van der Waals surface area contributed by atoms with Gasteiger partial charge in [0.1, 0.15) is 0 Å². The van der Waals surface area contributed by atoms with Crippen LogP contribution in [0.3, 0.4) is 0 Å². The second-order valence-electron chi connectivity index (χ2n) is 10.8. The Morgan fingerprint density at radius 2 is 1.62 bits per heavy atom. The van der Waals surface area contributed by atoms with Gasteiger partial charge in [-0.05, 0) is 28.3 Å². The number of hydrogen-bond acceptors (Lipinski definition) is 5. The van der Waals surface area contributed by atoms with Gasteiger partial charge in [0.05, 0.1) is 30.8 Å². The number of nitrogens with zero attached hydrogens (tertiary/aromatic N) is 3. The third-order valence-electron chi connectivity index (χ3n) is 7.38. The normalized spacial score (nSPS) is 18.0. The number of nitrogens with one attached hydrogen (secondary N) is 1. The van der Waals surface area contributed by atoms with E-state index in [1.807, 2.05) is 36.4 Å². The maximum atomic E-state index is 12.9. The number of carbonyl (C=O) groups is 2. The van der Waals surface area contributed by atoms with Gasteiger partial charge >= 0.3 is 6.09 Å². The van der Waals surface area contributed by atoms with Crippen molar-refractivity contribution in [2.75, 3.05) is 13.2 Å². The molecule has 3 aromatic rings. The van der Waals surface area contributed by atoms with Crippen molar-refractivity contribution < 1.29 is 19.1 Å². The number of benzene rings is 2. The van der Waals surface area contributed by atoms with Gasteiger partial charge in [-0.3, -0.25) is 9.78 Å². The Morgan fingerprint density at radius 1 is 1.03 bits per heavy atom. The third-order valence-corrected chi connectivity index (χ3v) is 12.7. The maximum Gasteiger partial charge on any atom is 0.407 e. The van der Waals surface area contributed by atoms with Crippen LogP contribution in [0.15, 0.2) is 73.1 Å². The number of aromatic nitrogens is 2. The van der Waals surface area contributed by atoms with Crippen molar-refractivity contribution >= 4 is 42.3 Å². The molecule has 1 saturated heterocycles. The first-order valence-electron chi connectivity index (χ1n) is 13.1. The summed E-state index contributed by atoms with van der Waals surface area (Å²) in [6.07, 6.45) is 3.01. The van der Waals surface area contributed by atoms with Gasteiger partial charge in [0.15, 0.2) is 5.15 Å². The van der Waals surface area contributed by atoms with E-state index in [1.54, 1.807) is 0 Å². The highest BCUT2D eigenvalue weighted by molar-refractivity contribution is 6.99. The van der Waals surface area contributed by atoms with Crippen LogP contribution in [0, 0.1) is 5.92 Å². The number of amides is 2. The number of carboxylic acid groups (broad SMARTS) is 1. The van der Waals surface area contributed by atoms with E-state index in [1.165, 1.54) is 17.3 Å². The molecule has 0 saturated carbocycles. The maximum absolute atomic E-state index is 12.9. The van der Waals surface area contributed by atoms with Crippen LogP contribution >= 0.6 is 11.6 Å². The molecule has 2 amide bonds. The van der Waals surface area contributed by atoms with Gasteiger partial charge in [0.2, 0.25) is 5.91 Å². The summed E-state index contributed by atoms with van der Waals surface area (Å²) in [7, 11) is -2.82. The summed E-state index contributed by atoms with van der Waals surface area (Å²) < 4.78 is 7.00. The summed E-state index contributed by atoms with van der Waals surface area (Å²) in [5.41, 5.74) is 0.468. The summed E-state index contributed by atoms with van der Waals surface area (Å²) in [6.45, 7) is 7.07. The molecule has 0 spiro atoms. The zero-order valence-corrected chi connectivity index (χ0v) is 24.3. The topological polar surface area (TPSA) is 105 Å². The lowest BCUT2D eigenvalue weighted by Gasteiger charge is -2.45. The zero-order chi connectivity index (χ0) is 28.0. The minimum absolute atomic E-state index is 0.101. The van der Waals surface area contributed by atoms with Crippen LogP contribution in [-0.4, -0.2) is 59.5 Å². The van der Waals surface area contributed by atoms with E-state index >= 15 is 0 Å². The molecule has 0 bridgehead atoms. The fourth-order valence-corrected chi connectivity index (χ4v) is 10.2. The Bertz CT molecular complexity index is 1230. The highest BCUT2D eigenvalue weighted by Gasteiger charge is 2.51. The first-order chi connectivity index (χ1) is 18.6. The van der Waals surface area contributed by atoms with Gasteiger partial charge < -0.3 is 19.7 Å². The molecule has 2 N–H and O–H groups in total. The van der Waals surface area contributed by atoms with Crippen molar-refractivity contribution in [2.24, 2.45) is 5.92 Å². The van der Waals surface area contributed by atoms with E-state index in [0.29, 0.717) is 18.5 Å². The van der Waals surface area contributed by atoms with Gasteiger partial charge in [-0.15, -0.1) is 0 Å². The largest absolute Gasteiger partial charge is 0.465 e. The second kappa shape index (κ2) is 12.3. The molecular weight excluding hydrogens is 532 g/mol. The average Bonchev–Trinajstić information content (AvgIpc) is 2.93. The Labute approximate surface area is 235 Å². The molecule has 206 valence electrons. The Hall–Kier alpha value is -3.27. The quantitative estimate of drug-likeness (QED) is 0.398. The van der Waals surface area contributed by atoms with Crippen molar-refractivity contribution in [3.63, 3.8) is 0 Å². The molecule has 1 aliphatic heterocycles. The lowest BCUT2D eigenvalue weighted by Crippen LogP contribution is -2.67. The minimum Gasteiger partial charge on any atom is -0.465 e. The molecule has 1 aromatic heterocycles. The van der Waals surface area contributed by atoms with Crippen LogP contribution in [-0.2, 0) is 15.8 Å². The molecule has 2 atom stereocenters. The fraction of sp³-hybridized carbons (Fsp3) is 0.379. The summed E-state index contributed by atoms with van der Waals surface area (Å²) in [5, 5.41) is 15.2. The van der Waals surface area contributed by atoms with Crippen molar-refractivity contribution in [1.29, 1.82) is 0 Å². The SMILES string of the molecule is CC(C)(C)[Si](OCC1CCC(C(=O)NCc2nccnc2Cl)CN1C(=O)O)(c1ccccc1)c1ccccc1. The van der Waals surface area contributed by atoms with Crippen LogP contribution in [0.1, 0.15) is 39.3 Å².